The maximum Gasteiger partial charge on any atom is 0.161 e. The highest BCUT2D eigenvalue weighted by Gasteiger charge is 2.17. The quantitative estimate of drug-likeness (QED) is 0.656. The Morgan fingerprint density at radius 1 is 1.19 bits per heavy atom. The molecule has 0 spiro atoms. The summed E-state index contributed by atoms with van der Waals surface area (Å²) in [5.41, 5.74) is 1.28. The molecule has 0 unspecified atom stereocenters. The lowest BCUT2D eigenvalue weighted by atomic mass is 9.97. The number of hydrogen-bond acceptors (Lipinski definition) is 5. The minimum Gasteiger partial charge on any atom is -0.493 e. The summed E-state index contributed by atoms with van der Waals surface area (Å²) in [6.45, 7) is 8.36. The first-order chi connectivity index (χ1) is 12.8. The zero-order chi connectivity index (χ0) is 18.2. The van der Waals surface area contributed by atoms with E-state index >= 15 is 0 Å². The Morgan fingerprint density at radius 2 is 2.00 bits per heavy atom. The van der Waals surface area contributed by atoms with Crippen LogP contribution in [0.2, 0.25) is 0 Å². The highest BCUT2D eigenvalue weighted by atomic mass is 35.5. The van der Waals surface area contributed by atoms with Crippen LogP contribution in [-0.4, -0.2) is 38.2 Å². The van der Waals surface area contributed by atoms with Gasteiger partial charge in [0.25, 0.3) is 0 Å². The van der Waals surface area contributed by atoms with Crippen molar-refractivity contribution in [1.82, 2.24) is 10.2 Å². The molecular formula is C21H31ClN2O2S. The molecule has 1 N–H and O–H groups in total. The van der Waals surface area contributed by atoms with Gasteiger partial charge in [-0.1, -0.05) is 19.1 Å². The SMILES string of the molecule is CCN(Cc1ccc(OCc2cccs2)c(OC)c1)CC1CCNCC1.Cl. The Kier molecular flexibility index (Phi) is 9.42. The Labute approximate surface area is 173 Å². The van der Waals surface area contributed by atoms with Crippen LogP contribution >= 0.6 is 23.7 Å². The Bertz CT molecular complexity index is 660. The average molecular weight is 411 g/mol. The van der Waals surface area contributed by atoms with Crippen molar-refractivity contribution in [3.8, 4) is 11.5 Å². The van der Waals surface area contributed by atoms with E-state index in [1.165, 1.54) is 29.8 Å². The van der Waals surface area contributed by atoms with Gasteiger partial charge in [-0.3, -0.25) is 4.90 Å². The summed E-state index contributed by atoms with van der Waals surface area (Å²) < 4.78 is 11.5. The lowest BCUT2D eigenvalue weighted by molar-refractivity contribution is 0.206. The monoisotopic (exact) mass is 410 g/mol. The Balaban J connectivity index is 0.00000261. The Morgan fingerprint density at radius 3 is 2.67 bits per heavy atom. The van der Waals surface area contributed by atoms with Gasteiger partial charge in [0.2, 0.25) is 0 Å². The third-order valence-electron chi connectivity index (χ3n) is 5.01. The molecule has 1 aliphatic heterocycles. The van der Waals surface area contributed by atoms with Gasteiger partial charge in [0.1, 0.15) is 6.61 Å². The minimum absolute atomic E-state index is 0. The zero-order valence-electron chi connectivity index (χ0n) is 16.3. The Hall–Kier alpha value is -1.27. The van der Waals surface area contributed by atoms with Crippen LogP contribution in [0.5, 0.6) is 11.5 Å². The number of ether oxygens (including phenoxy) is 2. The molecule has 2 aromatic rings. The normalized spacial score (nSPS) is 14.8. The second-order valence-electron chi connectivity index (χ2n) is 6.87. The molecule has 1 aromatic carbocycles. The smallest absolute Gasteiger partial charge is 0.161 e. The molecule has 27 heavy (non-hydrogen) atoms. The van der Waals surface area contributed by atoms with Gasteiger partial charge >= 0.3 is 0 Å². The number of methoxy groups -OCH3 is 1. The van der Waals surface area contributed by atoms with E-state index in [-0.39, 0.29) is 12.4 Å². The third-order valence-corrected chi connectivity index (χ3v) is 5.86. The second-order valence-corrected chi connectivity index (χ2v) is 7.91. The van der Waals surface area contributed by atoms with E-state index < -0.39 is 0 Å². The van der Waals surface area contributed by atoms with Crippen molar-refractivity contribution in [2.24, 2.45) is 5.92 Å². The van der Waals surface area contributed by atoms with Gasteiger partial charge in [0, 0.05) is 18.0 Å². The van der Waals surface area contributed by atoms with Crippen molar-refractivity contribution in [2.75, 3.05) is 33.3 Å². The highest BCUT2D eigenvalue weighted by Crippen LogP contribution is 2.30. The second kappa shape index (κ2) is 11.5. The van der Waals surface area contributed by atoms with Gasteiger partial charge in [0.15, 0.2) is 11.5 Å². The van der Waals surface area contributed by atoms with Gasteiger partial charge < -0.3 is 14.8 Å². The van der Waals surface area contributed by atoms with Gasteiger partial charge in [-0.05, 0) is 67.5 Å². The predicted octanol–water partition coefficient (Wildman–Crippen LogP) is 4.58. The molecule has 0 atom stereocenters. The van der Waals surface area contributed by atoms with E-state index in [0.29, 0.717) is 6.61 Å². The van der Waals surface area contributed by atoms with Crippen LogP contribution in [0, 0.1) is 5.92 Å². The van der Waals surface area contributed by atoms with Crippen LogP contribution in [0.4, 0.5) is 0 Å². The predicted molar refractivity (Wildman–Crippen MR) is 115 cm³/mol. The van der Waals surface area contributed by atoms with E-state index in [0.717, 1.165) is 43.6 Å². The molecule has 1 fully saturated rings. The summed E-state index contributed by atoms with van der Waals surface area (Å²) in [6, 6.07) is 10.5. The van der Waals surface area contributed by atoms with Crippen molar-refractivity contribution in [1.29, 1.82) is 0 Å². The summed E-state index contributed by atoms with van der Waals surface area (Å²) in [5.74, 6) is 2.44. The molecule has 6 heteroatoms. The van der Waals surface area contributed by atoms with Crippen molar-refractivity contribution in [2.45, 2.75) is 32.9 Å². The molecule has 1 aromatic heterocycles. The first-order valence-corrected chi connectivity index (χ1v) is 10.4. The van der Waals surface area contributed by atoms with Crippen LogP contribution in [0.1, 0.15) is 30.2 Å². The summed E-state index contributed by atoms with van der Waals surface area (Å²) in [4.78, 5) is 3.76. The largest absolute Gasteiger partial charge is 0.493 e. The van der Waals surface area contributed by atoms with Crippen molar-refractivity contribution < 1.29 is 9.47 Å². The molecule has 3 rings (SSSR count). The van der Waals surface area contributed by atoms with Crippen LogP contribution in [-0.2, 0) is 13.2 Å². The molecule has 150 valence electrons. The van der Waals surface area contributed by atoms with Gasteiger partial charge in [-0.2, -0.15) is 0 Å². The standard InChI is InChI=1S/C21H30N2O2S.ClH/c1-3-23(14-17-8-10-22-11-9-17)15-18-6-7-20(21(13-18)24-2)25-16-19-5-4-12-26-19;/h4-7,12-13,17,22H,3,8-11,14-16H2,1-2H3;1H. The summed E-state index contributed by atoms with van der Waals surface area (Å²) in [7, 11) is 1.71. The van der Waals surface area contributed by atoms with E-state index in [9.17, 15) is 0 Å². The maximum atomic E-state index is 5.95. The average Bonchev–Trinajstić information content (AvgIpc) is 3.20. The van der Waals surface area contributed by atoms with Crippen molar-refractivity contribution >= 4 is 23.7 Å². The molecule has 4 nitrogen and oxygen atoms in total. The zero-order valence-corrected chi connectivity index (χ0v) is 17.9. The molecule has 0 saturated carbocycles. The fourth-order valence-corrected chi connectivity index (χ4v) is 4.08. The highest BCUT2D eigenvalue weighted by molar-refractivity contribution is 7.09. The fraction of sp³-hybridized carbons (Fsp3) is 0.524. The number of thiophene rings is 1. The first-order valence-electron chi connectivity index (χ1n) is 9.53. The van der Waals surface area contributed by atoms with Gasteiger partial charge in [-0.25, -0.2) is 0 Å². The fourth-order valence-electron chi connectivity index (χ4n) is 3.47. The number of nitrogens with zero attached hydrogens (tertiary/aromatic N) is 1. The topological polar surface area (TPSA) is 33.7 Å². The summed E-state index contributed by atoms with van der Waals surface area (Å²) in [6.07, 6.45) is 2.57. The number of halogens is 1. The number of piperidine rings is 1. The first kappa shape index (κ1) is 22.0. The molecule has 1 saturated heterocycles. The molecule has 0 amide bonds. The summed E-state index contributed by atoms with van der Waals surface area (Å²) in [5, 5.41) is 5.52. The molecular weight excluding hydrogens is 380 g/mol. The molecule has 0 bridgehead atoms. The lowest BCUT2D eigenvalue weighted by Gasteiger charge is -2.29. The number of nitrogens with one attached hydrogen (secondary N) is 1. The van der Waals surface area contributed by atoms with E-state index in [2.05, 4.69) is 40.7 Å². The summed E-state index contributed by atoms with van der Waals surface area (Å²) >= 11 is 1.71. The lowest BCUT2D eigenvalue weighted by Crippen LogP contribution is -2.35. The minimum atomic E-state index is 0. The van der Waals surface area contributed by atoms with E-state index in [4.69, 9.17) is 9.47 Å². The van der Waals surface area contributed by atoms with E-state index in [1.54, 1.807) is 18.4 Å². The third kappa shape index (κ3) is 6.68. The van der Waals surface area contributed by atoms with Crippen molar-refractivity contribution in [3.63, 3.8) is 0 Å². The van der Waals surface area contributed by atoms with Crippen LogP contribution in [0.25, 0.3) is 0 Å². The van der Waals surface area contributed by atoms with Gasteiger partial charge in [0.05, 0.1) is 7.11 Å². The molecule has 0 radical (unpaired) electrons. The van der Waals surface area contributed by atoms with Crippen LogP contribution in [0.3, 0.4) is 0 Å². The van der Waals surface area contributed by atoms with Crippen LogP contribution < -0.4 is 14.8 Å². The number of rotatable bonds is 9. The van der Waals surface area contributed by atoms with Crippen LogP contribution in [0.15, 0.2) is 35.7 Å². The van der Waals surface area contributed by atoms with Gasteiger partial charge in [-0.15, -0.1) is 23.7 Å². The number of benzene rings is 1. The molecule has 1 aliphatic rings. The molecule has 2 heterocycles. The molecule has 0 aliphatic carbocycles. The maximum absolute atomic E-state index is 5.95. The number of hydrogen-bond donors (Lipinski definition) is 1. The van der Waals surface area contributed by atoms with Crippen molar-refractivity contribution in [3.05, 3.63) is 46.2 Å². The van der Waals surface area contributed by atoms with E-state index in [1.807, 2.05) is 12.1 Å².